The van der Waals surface area contributed by atoms with E-state index in [2.05, 4.69) is 14.9 Å². The van der Waals surface area contributed by atoms with Gasteiger partial charge in [0.15, 0.2) is 11.6 Å². The molecule has 136 valence electrons. The number of aromatic nitrogens is 2. The van der Waals surface area contributed by atoms with E-state index in [-0.39, 0.29) is 11.6 Å². The second-order valence-corrected chi connectivity index (χ2v) is 7.43. The molecule has 0 aliphatic heterocycles. The summed E-state index contributed by atoms with van der Waals surface area (Å²) in [6.07, 6.45) is 0. The van der Waals surface area contributed by atoms with Crippen molar-refractivity contribution in [2.24, 2.45) is 0 Å². The Morgan fingerprint density at radius 2 is 1.81 bits per heavy atom. The summed E-state index contributed by atoms with van der Waals surface area (Å²) in [5, 5.41) is 8.07. The average Bonchev–Trinajstić information content (AvgIpc) is 3.06. The van der Waals surface area contributed by atoms with Crippen molar-refractivity contribution in [1.82, 2.24) is 10.2 Å². The zero-order valence-corrected chi connectivity index (χ0v) is 16.1. The summed E-state index contributed by atoms with van der Waals surface area (Å²) in [4.78, 5) is 0.821. The average molecular weight is 419 g/mol. The number of aromatic amines is 1. The Balaban J connectivity index is 1.56. The second kappa shape index (κ2) is 7.31. The summed E-state index contributed by atoms with van der Waals surface area (Å²) in [5.41, 5.74) is 8.10. The van der Waals surface area contributed by atoms with E-state index in [1.165, 1.54) is 11.9 Å². The van der Waals surface area contributed by atoms with Crippen LogP contribution in [0.4, 0.5) is 15.9 Å². The minimum atomic E-state index is -0.377. The Bertz CT molecular complexity index is 1130. The number of nitrogens with zero attached hydrogens (tertiary/aromatic N) is 1. The Kier molecular flexibility index (Phi) is 4.86. The first-order valence-corrected chi connectivity index (χ1v) is 9.51. The topological polar surface area (TPSA) is 66.7 Å². The number of halogens is 3. The molecular formula is C19H13Cl2FN4S. The van der Waals surface area contributed by atoms with Gasteiger partial charge in [0.2, 0.25) is 0 Å². The van der Waals surface area contributed by atoms with Crippen molar-refractivity contribution >= 4 is 57.6 Å². The van der Waals surface area contributed by atoms with Gasteiger partial charge >= 0.3 is 0 Å². The van der Waals surface area contributed by atoms with E-state index in [4.69, 9.17) is 28.9 Å². The highest BCUT2D eigenvalue weighted by Crippen LogP contribution is 2.34. The number of hydrogen-bond acceptors (Lipinski definition) is 4. The number of H-pyrrole nitrogens is 1. The number of rotatable bonds is 4. The largest absolute Gasteiger partial charge is 0.382 e. The Hall–Kier alpha value is -2.41. The van der Waals surface area contributed by atoms with E-state index in [0.29, 0.717) is 26.5 Å². The lowest BCUT2D eigenvalue weighted by molar-refractivity contribution is 0.639. The van der Waals surface area contributed by atoms with Gasteiger partial charge in [-0.15, -0.1) is 0 Å². The zero-order chi connectivity index (χ0) is 19.0. The maximum Gasteiger partial charge on any atom is 0.156 e. The Morgan fingerprint density at radius 3 is 2.59 bits per heavy atom. The summed E-state index contributed by atoms with van der Waals surface area (Å²) in [6, 6.07) is 16.3. The number of hydrogen-bond donors (Lipinski definition) is 3. The molecule has 0 atom stereocenters. The van der Waals surface area contributed by atoms with Crippen LogP contribution in [-0.2, 0) is 0 Å². The minimum absolute atomic E-state index is 0.284. The van der Waals surface area contributed by atoms with E-state index >= 15 is 0 Å². The molecule has 0 spiro atoms. The smallest absolute Gasteiger partial charge is 0.156 e. The molecule has 4 rings (SSSR count). The highest BCUT2D eigenvalue weighted by molar-refractivity contribution is 8.00. The van der Waals surface area contributed by atoms with Crippen LogP contribution in [0.5, 0.6) is 0 Å². The van der Waals surface area contributed by atoms with Gasteiger partial charge in [0.25, 0.3) is 0 Å². The van der Waals surface area contributed by atoms with Crippen LogP contribution in [0.2, 0.25) is 10.0 Å². The second-order valence-electron chi connectivity index (χ2n) is 5.79. The van der Waals surface area contributed by atoms with Crippen LogP contribution in [0, 0.1) is 5.82 Å². The zero-order valence-electron chi connectivity index (χ0n) is 13.8. The van der Waals surface area contributed by atoms with Gasteiger partial charge in [-0.1, -0.05) is 47.5 Å². The van der Waals surface area contributed by atoms with Gasteiger partial charge in [-0.3, -0.25) is 5.10 Å². The molecule has 0 aliphatic carbocycles. The SMILES string of the molecule is Nc1n[nH]c2c(F)c(-c3ccc(NSc4cccc(Cl)c4Cl)cc3)ccc12. The molecule has 1 aromatic heterocycles. The number of nitrogens with one attached hydrogen (secondary N) is 2. The molecule has 0 radical (unpaired) electrons. The van der Waals surface area contributed by atoms with Crippen molar-refractivity contribution < 1.29 is 4.39 Å². The number of nitrogens with two attached hydrogens (primary N) is 1. The molecule has 3 aromatic carbocycles. The van der Waals surface area contributed by atoms with E-state index < -0.39 is 0 Å². The van der Waals surface area contributed by atoms with E-state index in [1.807, 2.05) is 36.4 Å². The fourth-order valence-corrected chi connectivity index (χ4v) is 3.88. The third-order valence-corrected chi connectivity index (χ3v) is 5.93. The molecule has 0 saturated carbocycles. The van der Waals surface area contributed by atoms with Crippen molar-refractivity contribution in [2.75, 3.05) is 10.5 Å². The lowest BCUT2D eigenvalue weighted by Gasteiger charge is -2.09. The van der Waals surface area contributed by atoms with Crippen LogP contribution in [0.1, 0.15) is 0 Å². The molecule has 8 heteroatoms. The fourth-order valence-electron chi connectivity index (χ4n) is 2.69. The monoisotopic (exact) mass is 418 g/mol. The normalized spacial score (nSPS) is 11.1. The minimum Gasteiger partial charge on any atom is -0.382 e. The van der Waals surface area contributed by atoms with Gasteiger partial charge in [0, 0.05) is 21.5 Å². The van der Waals surface area contributed by atoms with Gasteiger partial charge in [-0.05, 0) is 47.8 Å². The number of benzene rings is 3. The molecule has 0 aliphatic rings. The number of anilines is 2. The van der Waals surface area contributed by atoms with Crippen molar-refractivity contribution in [3.63, 3.8) is 0 Å². The first kappa shape index (κ1) is 18.0. The first-order valence-electron chi connectivity index (χ1n) is 7.94. The third-order valence-electron chi connectivity index (χ3n) is 4.10. The van der Waals surface area contributed by atoms with Crippen molar-refractivity contribution in [1.29, 1.82) is 0 Å². The lowest BCUT2D eigenvalue weighted by Crippen LogP contribution is -1.90. The predicted molar refractivity (Wildman–Crippen MR) is 112 cm³/mol. The highest BCUT2D eigenvalue weighted by atomic mass is 35.5. The molecule has 0 amide bonds. The number of fused-ring (bicyclic) bond motifs is 1. The van der Waals surface area contributed by atoms with E-state index in [1.54, 1.807) is 18.2 Å². The predicted octanol–water partition coefficient (Wildman–Crippen LogP) is 6.38. The Labute approximate surface area is 169 Å². The molecular weight excluding hydrogens is 406 g/mol. The lowest BCUT2D eigenvalue weighted by atomic mass is 10.0. The van der Waals surface area contributed by atoms with Crippen molar-refractivity contribution in [3.8, 4) is 11.1 Å². The first-order chi connectivity index (χ1) is 13.0. The Morgan fingerprint density at radius 1 is 1.04 bits per heavy atom. The van der Waals surface area contributed by atoms with Crippen LogP contribution >= 0.6 is 35.1 Å². The standard InChI is InChI=1S/C19H13Cl2FN4S/c20-14-2-1-3-15(16(14)21)27-26-11-6-4-10(5-7-11)12-8-9-13-18(17(12)22)24-25-19(13)23/h1-9,26H,(H3,23,24,25). The van der Waals surface area contributed by atoms with Crippen LogP contribution in [0.25, 0.3) is 22.0 Å². The van der Waals surface area contributed by atoms with Crippen LogP contribution < -0.4 is 10.5 Å². The van der Waals surface area contributed by atoms with Gasteiger partial charge in [0.1, 0.15) is 5.52 Å². The fraction of sp³-hybridized carbons (Fsp3) is 0. The number of nitrogen functional groups attached to an aromatic ring is 1. The van der Waals surface area contributed by atoms with Gasteiger partial charge in [-0.2, -0.15) is 5.10 Å². The quantitative estimate of drug-likeness (QED) is 0.336. The van der Waals surface area contributed by atoms with E-state index in [0.717, 1.165) is 16.1 Å². The highest BCUT2D eigenvalue weighted by Gasteiger charge is 2.13. The molecule has 0 unspecified atom stereocenters. The maximum atomic E-state index is 14.7. The molecule has 0 saturated heterocycles. The molecule has 27 heavy (non-hydrogen) atoms. The van der Waals surface area contributed by atoms with Gasteiger partial charge in [-0.25, -0.2) is 4.39 Å². The van der Waals surface area contributed by atoms with Gasteiger partial charge < -0.3 is 10.5 Å². The van der Waals surface area contributed by atoms with Crippen LogP contribution in [-0.4, -0.2) is 10.2 Å². The molecule has 0 bridgehead atoms. The maximum absolute atomic E-state index is 14.7. The molecule has 1 heterocycles. The molecule has 0 fully saturated rings. The van der Waals surface area contributed by atoms with Crippen LogP contribution in [0.15, 0.2) is 59.5 Å². The summed E-state index contributed by atoms with van der Waals surface area (Å²) in [5.74, 6) is -0.0933. The summed E-state index contributed by atoms with van der Waals surface area (Å²) in [6.45, 7) is 0. The molecule has 4 N–H and O–H groups in total. The summed E-state index contributed by atoms with van der Waals surface area (Å²) < 4.78 is 17.9. The molecule has 4 nitrogen and oxygen atoms in total. The van der Waals surface area contributed by atoms with Crippen molar-refractivity contribution in [3.05, 3.63) is 70.5 Å². The third kappa shape index (κ3) is 3.43. The molecule has 4 aromatic rings. The van der Waals surface area contributed by atoms with Crippen LogP contribution in [0.3, 0.4) is 0 Å². The summed E-state index contributed by atoms with van der Waals surface area (Å²) >= 11 is 13.6. The van der Waals surface area contributed by atoms with Crippen molar-refractivity contribution in [2.45, 2.75) is 4.90 Å². The van der Waals surface area contributed by atoms with Gasteiger partial charge in [0.05, 0.1) is 10.0 Å². The summed E-state index contributed by atoms with van der Waals surface area (Å²) in [7, 11) is 0. The van der Waals surface area contributed by atoms with E-state index in [9.17, 15) is 4.39 Å².